The van der Waals surface area contributed by atoms with Gasteiger partial charge in [-0.3, -0.25) is 10.1 Å². The van der Waals surface area contributed by atoms with E-state index in [0.29, 0.717) is 5.13 Å². The van der Waals surface area contributed by atoms with Crippen LogP contribution in [0.4, 0.5) is 5.13 Å². The average molecular weight is 427 g/mol. The predicted molar refractivity (Wildman–Crippen MR) is 118 cm³/mol. The van der Waals surface area contributed by atoms with Crippen LogP contribution < -0.4 is 10.6 Å². The summed E-state index contributed by atoms with van der Waals surface area (Å²) < 4.78 is 11.6. The summed E-state index contributed by atoms with van der Waals surface area (Å²) in [5, 5.41) is 7.62. The molecule has 2 aliphatic heterocycles. The molecule has 2 N–H and O–H groups in total. The Morgan fingerprint density at radius 3 is 2.89 bits per heavy atom. The van der Waals surface area contributed by atoms with Crippen LogP contribution in [0.3, 0.4) is 0 Å². The monoisotopic (exact) mass is 426 g/mol. The van der Waals surface area contributed by atoms with Crippen molar-refractivity contribution < 1.29 is 14.3 Å². The minimum atomic E-state index is -0.873. The molecule has 1 saturated heterocycles. The molecule has 0 spiro atoms. The zero-order valence-corrected chi connectivity index (χ0v) is 18.6. The molecule has 1 amide bonds. The molecule has 0 aromatic carbocycles. The van der Waals surface area contributed by atoms with E-state index in [9.17, 15) is 4.79 Å². The van der Waals surface area contributed by atoms with E-state index in [4.69, 9.17) is 9.47 Å². The number of carbonyl (C=O) groups excluding carboxylic acids is 1. The normalized spacial score (nSPS) is 22.0. The van der Waals surface area contributed by atoms with Crippen LogP contribution in [-0.4, -0.2) is 73.6 Å². The summed E-state index contributed by atoms with van der Waals surface area (Å²) in [4.78, 5) is 19.6. The summed E-state index contributed by atoms with van der Waals surface area (Å²) in [5.74, 6) is -0.161. The molecule has 28 heavy (non-hydrogen) atoms. The van der Waals surface area contributed by atoms with Crippen molar-refractivity contribution in [3.8, 4) is 0 Å². The average Bonchev–Trinajstić information content (AvgIpc) is 3.28. The van der Waals surface area contributed by atoms with Gasteiger partial charge in [-0.2, -0.15) is 10.0 Å². The third-order valence-electron chi connectivity index (χ3n) is 4.53. The highest BCUT2D eigenvalue weighted by molar-refractivity contribution is 8.35. The van der Waals surface area contributed by atoms with E-state index in [1.54, 1.807) is 6.20 Å². The largest absolute Gasteiger partial charge is 0.461 e. The number of anilines is 1. The Balaban J connectivity index is 1.41. The highest BCUT2D eigenvalue weighted by Crippen LogP contribution is 2.46. The number of amides is 1. The zero-order valence-electron chi connectivity index (χ0n) is 16.9. The molecule has 0 bridgehead atoms. The quantitative estimate of drug-likeness (QED) is 0.698. The number of nitrogens with zero attached hydrogens (tertiary/aromatic N) is 2. The fourth-order valence-electron chi connectivity index (χ4n) is 2.86. The van der Waals surface area contributed by atoms with Gasteiger partial charge >= 0.3 is 0 Å². The summed E-state index contributed by atoms with van der Waals surface area (Å²) in [6.45, 7) is 2.10. The number of carbonyl (C=O) groups is 1. The number of aromatic nitrogens is 1. The highest BCUT2D eigenvalue weighted by atomic mass is 32.3. The molecule has 2 aliphatic rings. The van der Waals surface area contributed by atoms with Crippen molar-refractivity contribution in [2.75, 3.05) is 50.8 Å². The van der Waals surface area contributed by atoms with Crippen molar-refractivity contribution in [1.29, 1.82) is 0 Å². The summed E-state index contributed by atoms with van der Waals surface area (Å²) >= 11 is 1.43. The highest BCUT2D eigenvalue weighted by Gasteiger charge is 2.22. The van der Waals surface area contributed by atoms with E-state index < -0.39 is 10.0 Å². The van der Waals surface area contributed by atoms with Gasteiger partial charge in [0.2, 0.25) is 0 Å². The summed E-state index contributed by atoms with van der Waals surface area (Å²) in [6.07, 6.45) is 16.1. The van der Waals surface area contributed by atoms with Crippen LogP contribution in [0.2, 0.25) is 0 Å². The van der Waals surface area contributed by atoms with Crippen molar-refractivity contribution in [3.63, 3.8) is 0 Å². The fraction of sp³-hybridized carbons (Fsp3) is 0.579. The zero-order chi connectivity index (χ0) is 20.1. The Morgan fingerprint density at radius 2 is 2.21 bits per heavy atom. The van der Waals surface area contributed by atoms with Crippen LogP contribution >= 0.6 is 21.4 Å². The van der Waals surface area contributed by atoms with E-state index in [1.165, 1.54) is 11.3 Å². The summed E-state index contributed by atoms with van der Waals surface area (Å²) in [6, 6.07) is 0. The van der Waals surface area contributed by atoms with Crippen LogP contribution in [0.15, 0.2) is 23.6 Å². The fourth-order valence-corrected chi connectivity index (χ4v) is 4.42. The Labute approximate surface area is 172 Å². The Morgan fingerprint density at radius 1 is 1.46 bits per heavy atom. The van der Waals surface area contributed by atoms with Gasteiger partial charge in [0.05, 0.1) is 6.10 Å². The number of rotatable bonds is 7. The minimum Gasteiger partial charge on any atom is -0.461 e. The molecule has 9 heteroatoms. The van der Waals surface area contributed by atoms with Crippen LogP contribution in [0.25, 0.3) is 6.08 Å². The molecule has 0 radical (unpaired) electrons. The van der Waals surface area contributed by atoms with Crippen LogP contribution in [0.1, 0.15) is 17.7 Å². The van der Waals surface area contributed by atoms with Gasteiger partial charge in [-0.15, -0.1) is 0 Å². The van der Waals surface area contributed by atoms with Gasteiger partial charge in [0.25, 0.3) is 5.91 Å². The van der Waals surface area contributed by atoms with Crippen molar-refractivity contribution in [3.05, 3.63) is 28.4 Å². The molecule has 7 nitrogen and oxygen atoms in total. The predicted octanol–water partition coefficient (Wildman–Crippen LogP) is 2.64. The lowest BCUT2D eigenvalue weighted by Gasteiger charge is -2.28. The number of ether oxygens (including phenoxy) is 2. The maximum absolute atomic E-state index is 12.1. The van der Waals surface area contributed by atoms with Gasteiger partial charge in [-0.05, 0) is 50.8 Å². The van der Waals surface area contributed by atoms with Crippen LogP contribution in [0, 0.1) is 0 Å². The Hall–Kier alpha value is -1.55. The third kappa shape index (κ3) is 6.23. The van der Waals surface area contributed by atoms with Gasteiger partial charge < -0.3 is 19.7 Å². The summed E-state index contributed by atoms with van der Waals surface area (Å²) in [7, 11) is 1.23. The third-order valence-corrected chi connectivity index (χ3v) is 6.83. The first-order valence-electron chi connectivity index (χ1n) is 9.35. The van der Waals surface area contributed by atoms with Crippen molar-refractivity contribution >= 4 is 38.5 Å². The first kappa shape index (κ1) is 21.2. The Bertz CT molecular complexity index is 734. The molecule has 0 aliphatic carbocycles. The smallest absolute Gasteiger partial charge is 0.252 e. The molecule has 1 unspecified atom stereocenters. The van der Waals surface area contributed by atoms with Crippen molar-refractivity contribution in [1.82, 2.24) is 15.2 Å². The second kappa shape index (κ2) is 9.30. The number of nitrogens with one attached hydrogen (secondary N) is 2. The molecular formula is C19H30N4O3S2. The van der Waals surface area contributed by atoms with E-state index in [2.05, 4.69) is 46.3 Å². The van der Waals surface area contributed by atoms with Gasteiger partial charge in [0.1, 0.15) is 6.61 Å². The van der Waals surface area contributed by atoms with Gasteiger partial charge in [0, 0.05) is 30.4 Å². The van der Waals surface area contributed by atoms with Crippen molar-refractivity contribution in [2.24, 2.45) is 0 Å². The standard InChI is InChI=1S/C19H30N4O3S2/c1-23-9-7-14(8-10-23)25-13-16(24)22-19-21-11-15(27-19)5-6-17-20-12-18(26-17)28(2,3)4/h5-6,11-12,14,17,20H,7-10,13H2,1-4H3,(H,21,22,24)/b6-5+. The molecule has 1 atom stereocenters. The van der Waals surface area contributed by atoms with Crippen molar-refractivity contribution in [2.45, 2.75) is 25.2 Å². The van der Waals surface area contributed by atoms with Crippen LogP contribution in [0.5, 0.6) is 0 Å². The lowest BCUT2D eigenvalue weighted by molar-refractivity contribution is -0.123. The molecule has 3 heterocycles. The second-order valence-electron chi connectivity index (χ2n) is 7.79. The van der Waals surface area contributed by atoms with E-state index in [0.717, 1.165) is 35.9 Å². The maximum Gasteiger partial charge on any atom is 0.252 e. The van der Waals surface area contributed by atoms with E-state index in [1.807, 2.05) is 18.4 Å². The first-order valence-corrected chi connectivity index (χ1v) is 13.0. The number of hydrogen-bond donors (Lipinski definition) is 2. The second-order valence-corrected chi connectivity index (χ2v) is 12.9. The molecule has 3 rings (SSSR count). The maximum atomic E-state index is 12.1. The molecule has 1 aromatic heterocycles. The summed E-state index contributed by atoms with van der Waals surface area (Å²) in [5.41, 5.74) is 0. The van der Waals surface area contributed by atoms with Crippen LogP contribution in [-0.2, 0) is 14.3 Å². The van der Waals surface area contributed by atoms with E-state index in [-0.39, 0.29) is 24.8 Å². The molecule has 0 saturated carbocycles. The van der Waals surface area contributed by atoms with Gasteiger partial charge in [-0.25, -0.2) is 4.98 Å². The van der Waals surface area contributed by atoms with E-state index >= 15 is 0 Å². The van der Waals surface area contributed by atoms with Gasteiger partial charge in [-0.1, -0.05) is 11.3 Å². The SMILES string of the molecule is CN1CCC(OCC(=O)Nc2ncc(/C=C/C3NC=C(S(C)(C)C)O3)s2)CC1. The molecular weight excluding hydrogens is 396 g/mol. The topological polar surface area (TPSA) is 75.7 Å². The number of thiazole rings is 1. The first-order chi connectivity index (χ1) is 13.3. The lowest BCUT2D eigenvalue weighted by Crippen LogP contribution is -2.35. The Kier molecular flexibility index (Phi) is 7.03. The molecule has 156 valence electrons. The molecule has 1 aromatic rings. The number of hydrogen-bond acceptors (Lipinski definition) is 7. The number of piperidine rings is 1. The lowest BCUT2D eigenvalue weighted by atomic mass is 10.1. The molecule has 1 fully saturated rings. The number of likely N-dealkylation sites (tertiary alicyclic amines) is 1. The minimum absolute atomic E-state index is 0.0720. The van der Waals surface area contributed by atoms with Gasteiger partial charge in [0.15, 0.2) is 16.5 Å².